The van der Waals surface area contributed by atoms with E-state index < -0.39 is 6.04 Å². The molecule has 6 heteroatoms. The zero-order chi connectivity index (χ0) is 20.0. The second-order valence-electron chi connectivity index (χ2n) is 6.64. The molecule has 1 atom stereocenters. The molecule has 2 amide bonds. The topological polar surface area (TPSA) is 85.2 Å². The molecule has 2 N–H and O–H groups in total. The molecule has 0 aliphatic heterocycles. The smallest absolute Gasteiger partial charge is 0.241 e. The average molecular weight is 364 g/mol. The Kier molecular flexibility index (Phi) is 6.69. The van der Waals surface area contributed by atoms with E-state index in [2.05, 4.69) is 10.6 Å². The number of benzene rings is 2. The molecule has 2 aromatic rings. The Morgan fingerprint density at radius 3 is 2.59 bits per heavy atom. The highest BCUT2D eigenvalue weighted by atomic mass is 16.2. The van der Waals surface area contributed by atoms with Gasteiger partial charge in [0.25, 0.3) is 0 Å². The van der Waals surface area contributed by atoms with Gasteiger partial charge in [0.05, 0.1) is 24.2 Å². The van der Waals surface area contributed by atoms with Crippen LogP contribution in [0.4, 0.5) is 11.4 Å². The lowest BCUT2D eigenvalue weighted by molar-refractivity contribution is -0.122. The lowest BCUT2D eigenvalue weighted by atomic mass is 10.1. The third-order valence-corrected chi connectivity index (χ3v) is 4.36. The van der Waals surface area contributed by atoms with E-state index in [1.807, 2.05) is 38.1 Å². The summed E-state index contributed by atoms with van der Waals surface area (Å²) in [5.41, 5.74) is 3.86. The molecule has 6 nitrogen and oxygen atoms in total. The van der Waals surface area contributed by atoms with E-state index in [1.165, 1.54) is 0 Å². The molecule has 0 fully saturated rings. The van der Waals surface area contributed by atoms with Crippen molar-refractivity contribution in [2.75, 3.05) is 24.2 Å². The van der Waals surface area contributed by atoms with Crippen LogP contribution in [-0.4, -0.2) is 36.3 Å². The minimum absolute atomic E-state index is 0.0835. The van der Waals surface area contributed by atoms with E-state index >= 15 is 0 Å². The van der Waals surface area contributed by atoms with Crippen LogP contribution < -0.4 is 10.6 Å². The highest BCUT2D eigenvalue weighted by Gasteiger charge is 2.20. The highest BCUT2D eigenvalue weighted by molar-refractivity contribution is 5.96. The minimum Gasteiger partial charge on any atom is -0.325 e. The fraction of sp³-hybridized carbons (Fsp3) is 0.286. The Morgan fingerprint density at radius 1 is 1.15 bits per heavy atom. The number of aryl methyl sites for hydroxylation is 2. The SMILES string of the molecule is Cc1ccc(C)c(NC(=O)CN(C)[C@H](C)C(=O)Nc2cccc(C#N)c2)c1. The molecular weight excluding hydrogens is 340 g/mol. The first-order valence-electron chi connectivity index (χ1n) is 8.68. The summed E-state index contributed by atoms with van der Waals surface area (Å²) >= 11 is 0. The molecule has 0 aliphatic rings. The van der Waals surface area contributed by atoms with Crippen molar-refractivity contribution in [1.29, 1.82) is 5.26 Å². The van der Waals surface area contributed by atoms with Gasteiger partial charge in [-0.15, -0.1) is 0 Å². The van der Waals surface area contributed by atoms with Crippen molar-refractivity contribution >= 4 is 23.2 Å². The Bertz CT molecular complexity index is 886. The van der Waals surface area contributed by atoms with Gasteiger partial charge in [0.2, 0.25) is 11.8 Å². The number of likely N-dealkylation sites (N-methyl/N-ethyl adjacent to an activating group) is 1. The third kappa shape index (κ3) is 5.66. The van der Waals surface area contributed by atoms with Crippen molar-refractivity contribution in [2.24, 2.45) is 0 Å². The van der Waals surface area contributed by atoms with Crippen LogP contribution in [0.15, 0.2) is 42.5 Å². The summed E-state index contributed by atoms with van der Waals surface area (Å²) in [6.07, 6.45) is 0. The zero-order valence-electron chi connectivity index (χ0n) is 16.0. The van der Waals surface area contributed by atoms with E-state index in [1.54, 1.807) is 43.1 Å². The van der Waals surface area contributed by atoms with Gasteiger partial charge < -0.3 is 10.6 Å². The zero-order valence-corrected chi connectivity index (χ0v) is 16.0. The van der Waals surface area contributed by atoms with E-state index in [9.17, 15) is 9.59 Å². The Balaban J connectivity index is 1.94. The molecule has 0 radical (unpaired) electrons. The van der Waals surface area contributed by atoms with Crippen LogP contribution in [0.2, 0.25) is 0 Å². The molecule has 0 aliphatic carbocycles. The van der Waals surface area contributed by atoms with E-state index in [4.69, 9.17) is 5.26 Å². The van der Waals surface area contributed by atoms with E-state index in [0.29, 0.717) is 11.3 Å². The number of nitriles is 1. The molecule has 0 heterocycles. The van der Waals surface area contributed by atoms with E-state index in [0.717, 1.165) is 16.8 Å². The normalized spacial score (nSPS) is 11.6. The second kappa shape index (κ2) is 8.97. The first-order valence-corrected chi connectivity index (χ1v) is 8.68. The minimum atomic E-state index is -0.514. The lowest BCUT2D eigenvalue weighted by Gasteiger charge is -2.23. The average Bonchev–Trinajstić information content (AvgIpc) is 2.64. The summed E-state index contributed by atoms with van der Waals surface area (Å²) in [6.45, 7) is 5.72. The fourth-order valence-electron chi connectivity index (χ4n) is 2.54. The van der Waals surface area contributed by atoms with Crippen molar-refractivity contribution in [3.05, 3.63) is 59.2 Å². The van der Waals surface area contributed by atoms with Gasteiger partial charge in [0.1, 0.15) is 0 Å². The summed E-state index contributed by atoms with van der Waals surface area (Å²) in [5.74, 6) is -0.426. The summed E-state index contributed by atoms with van der Waals surface area (Å²) < 4.78 is 0. The molecule has 140 valence electrons. The number of carbonyl (C=O) groups is 2. The van der Waals surface area contributed by atoms with Crippen LogP contribution in [0.25, 0.3) is 0 Å². The summed E-state index contributed by atoms with van der Waals surface area (Å²) in [5, 5.41) is 14.6. The van der Waals surface area contributed by atoms with Gasteiger partial charge in [-0.2, -0.15) is 5.26 Å². The molecule has 0 saturated heterocycles. The van der Waals surface area contributed by atoms with Gasteiger partial charge in [-0.05, 0) is 63.2 Å². The van der Waals surface area contributed by atoms with Gasteiger partial charge in [0, 0.05) is 11.4 Å². The lowest BCUT2D eigenvalue weighted by Crippen LogP contribution is -2.43. The van der Waals surface area contributed by atoms with E-state index in [-0.39, 0.29) is 18.4 Å². The Labute approximate surface area is 159 Å². The second-order valence-corrected chi connectivity index (χ2v) is 6.64. The molecular formula is C21H24N4O2. The largest absolute Gasteiger partial charge is 0.325 e. The van der Waals surface area contributed by atoms with Gasteiger partial charge in [0.15, 0.2) is 0 Å². The van der Waals surface area contributed by atoms with Crippen LogP contribution in [0.5, 0.6) is 0 Å². The highest BCUT2D eigenvalue weighted by Crippen LogP contribution is 2.16. The summed E-state index contributed by atoms with van der Waals surface area (Å²) in [7, 11) is 1.72. The Hall–Kier alpha value is -3.17. The van der Waals surface area contributed by atoms with Crippen molar-refractivity contribution in [2.45, 2.75) is 26.8 Å². The molecule has 2 aromatic carbocycles. The van der Waals surface area contributed by atoms with Crippen molar-refractivity contribution in [1.82, 2.24) is 4.90 Å². The number of nitrogens with zero attached hydrogens (tertiary/aromatic N) is 2. The van der Waals surface area contributed by atoms with Crippen LogP contribution in [0.1, 0.15) is 23.6 Å². The first kappa shape index (κ1) is 20.1. The van der Waals surface area contributed by atoms with Crippen molar-refractivity contribution in [3.63, 3.8) is 0 Å². The molecule has 0 spiro atoms. The molecule has 0 bridgehead atoms. The van der Waals surface area contributed by atoms with Gasteiger partial charge in [-0.1, -0.05) is 18.2 Å². The van der Waals surface area contributed by atoms with Gasteiger partial charge >= 0.3 is 0 Å². The maximum Gasteiger partial charge on any atom is 0.241 e. The molecule has 27 heavy (non-hydrogen) atoms. The van der Waals surface area contributed by atoms with Crippen molar-refractivity contribution in [3.8, 4) is 6.07 Å². The number of carbonyl (C=O) groups excluding carboxylic acids is 2. The van der Waals surface area contributed by atoms with Gasteiger partial charge in [-0.25, -0.2) is 0 Å². The number of hydrogen-bond acceptors (Lipinski definition) is 4. The van der Waals surface area contributed by atoms with Crippen LogP contribution >= 0.6 is 0 Å². The quantitative estimate of drug-likeness (QED) is 0.825. The monoisotopic (exact) mass is 364 g/mol. The first-order chi connectivity index (χ1) is 12.8. The maximum absolute atomic E-state index is 12.4. The number of hydrogen-bond donors (Lipinski definition) is 2. The maximum atomic E-state index is 12.4. The van der Waals surface area contributed by atoms with Crippen LogP contribution in [0.3, 0.4) is 0 Å². The molecule has 0 unspecified atom stereocenters. The molecule has 0 saturated carbocycles. The molecule has 2 rings (SSSR count). The van der Waals surface area contributed by atoms with Crippen LogP contribution in [0, 0.1) is 25.2 Å². The standard InChI is InChI=1S/C21H24N4O2/c1-14-8-9-15(2)19(10-14)24-20(26)13-25(4)16(3)21(27)23-18-7-5-6-17(11-18)12-22/h5-11,16H,13H2,1-4H3,(H,23,27)(H,24,26)/t16-/m1/s1. The van der Waals surface area contributed by atoms with Crippen LogP contribution in [-0.2, 0) is 9.59 Å². The number of rotatable bonds is 6. The Morgan fingerprint density at radius 2 is 1.89 bits per heavy atom. The molecule has 0 aromatic heterocycles. The fourth-order valence-corrected chi connectivity index (χ4v) is 2.54. The van der Waals surface area contributed by atoms with Gasteiger partial charge in [-0.3, -0.25) is 14.5 Å². The summed E-state index contributed by atoms with van der Waals surface area (Å²) in [4.78, 5) is 26.4. The van der Waals surface area contributed by atoms with Crippen molar-refractivity contribution < 1.29 is 9.59 Å². The predicted molar refractivity (Wildman–Crippen MR) is 106 cm³/mol. The third-order valence-electron chi connectivity index (χ3n) is 4.36. The number of nitrogens with one attached hydrogen (secondary N) is 2. The number of anilines is 2. The number of amides is 2. The predicted octanol–water partition coefficient (Wildman–Crippen LogP) is 3.07. The summed E-state index contributed by atoms with van der Waals surface area (Å²) in [6, 6.07) is 14.1.